The summed E-state index contributed by atoms with van der Waals surface area (Å²) in [5.41, 5.74) is -0.0645. The van der Waals surface area contributed by atoms with Crippen LogP contribution in [0.2, 0.25) is 5.02 Å². The Hall–Kier alpha value is -2.54. The van der Waals surface area contributed by atoms with Gasteiger partial charge in [0.2, 0.25) is 0 Å². The molecule has 1 aromatic carbocycles. The largest absolute Gasteiger partial charge is 0.444 e. The van der Waals surface area contributed by atoms with Crippen LogP contribution in [0.15, 0.2) is 27.4 Å². The number of hydrogen-bond donors (Lipinski definition) is 0. The van der Waals surface area contributed by atoms with Gasteiger partial charge in [-0.2, -0.15) is 0 Å². The minimum Gasteiger partial charge on any atom is -0.444 e. The molecule has 1 fully saturated rings. The maximum Gasteiger partial charge on any atom is 0.411 e. The molecule has 156 valence electrons. The molecule has 7 nitrogen and oxygen atoms in total. The monoisotopic (exact) mass is 421 g/mol. The highest BCUT2D eigenvalue weighted by Gasteiger charge is 2.38. The van der Waals surface area contributed by atoms with Crippen LogP contribution in [0, 0.1) is 0 Å². The lowest BCUT2D eigenvalue weighted by Gasteiger charge is -2.27. The molecule has 1 amide bonds. The number of likely N-dealkylation sites (tertiary alicyclic amines) is 1. The Kier molecular flexibility index (Phi) is 5.89. The molecular weight excluding hydrogens is 398 g/mol. The summed E-state index contributed by atoms with van der Waals surface area (Å²) in [6.45, 7) is 7.63. The normalized spacial score (nSPS) is 16.9. The minimum absolute atomic E-state index is 0.0802. The highest BCUT2D eigenvalue weighted by atomic mass is 35.5. The lowest BCUT2D eigenvalue weighted by Crippen LogP contribution is -2.44. The number of amides is 1. The Morgan fingerprint density at radius 3 is 2.66 bits per heavy atom. The topological polar surface area (TPSA) is 86.0 Å². The highest BCUT2D eigenvalue weighted by molar-refractivity contribution is 6.33. The smallest absolute Gasteiger partial charge is 0.411 e. The van der Waals surface area contributed by atoms with Crippen LogP contribution in [0.1, 0.15) is 46.1 Å². The van der Waals surface area contributed by atoms with E-state index >= 15 is 0 Å². The number of esters is 1. The van der Waals surface area contributed by atoms with Crippen molar-refractivity contribution in [3.8, 4) is 5.75 Å². The molecule has 1 unspecified atom stereocenters. The molecule has 0 N–H and O–H groups in total. The van der Waals surface area contributed by atoms with E-state index in [2.05, 4.69) is 0 Å². The van der Waals surface area contributed by atoms with Crippen molar-refractivity contribution in [2.45, 2.75) is 58.6 Å². The summed E-state index contributed by atoms with van der Waals surface area (Å²) in [7, 11) is 0. The van der Waals surface area contributed by atoms with Crippen LogP contribution in [0.3, 0.4) is 0 Å². The van der Waals surface area contributed by atoms with Gasteiger partial charge in [0.25, 0.3) is 0 Å². The predicted molar refractivity (Wildman–Crippen MR) is 108 cm³/mol. The lowest BCUT2D eigenvalue weighted by molar-refractivity contribution is -0.139. The molecule has 2 heterocycles. The molecular formula is C21H24ClNO6. The van der Waals surface area contributed by atoms with Crippen LogP contribution in [0.5, 0.6) is 5.75 Å². The van der Waals surface area contributed by atoms with Crippen molar-refractivity contribution in [3.63, 3.8) is 0 Å². The van der Waals surface area contributed by atoms with Crippen molar-refractivity contribution in [2.24, 2.45) is 0 Å². The average molecular weight is 422 g/mol. The van der Waals surface area contributed by atoms with Crippen LogP contribution < -0.4 is 10.4 Å². The SMILES string of the molecule is CCc1cc(=O)oc2cc(OC(=O)C3CCCN3C(=O)OC(C)(C)C)c(Cl)cc12. The first-order valence-corrected chi connectivity index (χ1v) is 9.94. The van der Waals surface area contributed by atoms with Gasteiger partial charge in [0.15, 0.2) is 5.75 Å². The Bertz CT molecular complexity index is 1010. The quantitative estimate of drug-likeness (QED) is 0.417. The molecule has 3 rings (SSSR count). The highest BCUT2D eigenvalue weighted by Crippen LogP contribution is 2.32. The van der Waals surface area contributed by atoms with Gasteiger partial charge in [0.1, 0.15) is 17.2 Å². The van der Waals surface area contributed by atoms with Crippen molar-refractivity contribution < 1.29 is 23.5 Å². The van der Waals surface area contributed by atoms with Gasteiger partial charge in [-0.15, -0.1) is 0 Å². The molecule has 0 radical (unpaired) electrons. The van der Waals surface area contributed by atoms with Gasteiger partial charge in [-0.05, 0) is 51.7 Å². The standard InChI is InChI=1S/C21H24ClNO6/c1-5-12-9-18(24)27-16-11-17(14(22)10-13(12)16)28-19(25)15-7-6-8-23(15)20(26)29-21(2,3)4/h9-11,15H,5-8H2,1-4H3. The van der Waals surface area contributed by atoms with E-state index < -0.39 is 29.3 Å². The van der Waals surface area contributed by atoms with Crippen LogP contribution >= 0.6 is 11.6 Å². The van der Waals surface area contributed by atoms with E-state index in [-0.39, 0.29) is 16.4 Å². The van der Waals surface area contributed by atoms with E-state index in [9.17, 15) is 14.4 Å². The molecule has 0 aliphatic carbocycles. The summed E-state index contributed by atoms with van der Waals surface area (Å²) in [4.78, 5) is 38.3. The lowest BCUT2D eigenvalue weighted by atomic mass is 10.1. The van der Waals surface area contributed by atoms with E-state index in [0.29, 0.717) is 31.2 Å². The summed E-state index contributed by atoms with van der Waals surface area (Å²) in [6.07, 6.45) is 1.21. The first-order valence-electron chi connectivity index (χ1n) is 9.56. The van der Waals surface area contributed by atoms with Crippen molar-refractivity contribution in [2.75, 3.05) is 6.54 Å². The number of hydrogen-bond acceptors (Lipinski definition) is 6. The molecule has 1 aliphatic rings. The molecule has 1 saturated heterocycles. The maximum absolute atomic E-state index is 12.8. The summed E-state index contributed by atoms with van der Waals surface area (Å²) in [5.74, 6) is -0.528. The predicted octanol–water partition coefficient (Wildman–Crippen LogP) is 4.31. The number of halogens is 1. The van der Waals surface area contributed by atoms with E-state index in [0.717, 1.165) is 5.56 Å². The molecule has 2 aromatic rings. The molecule has 0 spiro atoms. The molecule has 8 heteroatoms. The first kappa shape index (κ1) is 21.2. The van der Waals surface area contributed by atoms with Crippen LogP contribution in [0.4, 0.5) is 4.79 Å². The Balaban J connectivity index is 1.84. The fourth-order valence-corrected chi connectivity index (χ4v) is 3.53. The second-order valence-corrected chi connectivity index (χ2v) is 8.38. The third kappa shape index (κ3) is 4.72. The summed E-state index contributed by atoms with van der Waals surface area (Å²) >= 11 is 6.31. The van der Waals surface area contributed by atoms with Crippen LogP contribution in [-0.4, -0.2) is 35.2 Å². The zero-order chi connectivity index (χ0) is 21.3. The van der Waals surface area contributed by atoms with Gasteiger partial charge < -0.3 is 13.9 Å². The van der Waals surface area contributed by atoms with E-state index in [4.69, 9.17) is 25.5 Å². The van der Waals surface area contributed by atoms with Gasteiger partial charge in [-0.1, -0.05) is 18.5 Å². The first-order chi connectivity index (χ1) is 13.6. The molecule has 1 atom stereocenters. The fourth-order valence-electron chi connectivity index (χ4n) is 3.33. The Morgan fingerprint density at radius 1 is 1.28 bits per heavy atom. The van der Waals surface area contributed by atoms with Gasteiger partial charge >= 0.3 is 17.7 Å². The summed E-state index contributed by atoms with van der Waals surface area (Å²) < 4.78 is 16.1. The van der Waals surface area contributed by atoms with Crippen molar-refractivity contribution in [1.29, 1.82) is 0 Å². The van der Waals surface area contributed by atoms with Gasteiger partial charge in [0.05, 0.1) is 5.02 Å². The minimum atomic E-state index is -0.759. The van der Waals surface area contributed by atoms with Crippen molar-refractivity contribution in [1.82, 2.24) is 4.90 Å². The number of benzene rings is 1. The third-order valence-electron chi connectivity index (χ3n) is 4.63. The zero-order valence-corrected chi connectivity index (χ0v) is 17.7. The number of aryl methyl sites for hydroxylation is 1. The number of rotatable bonds is 3. The van der Waals surface area contributed by atoms with Crippen molar-refractivity contribution in [3.05, 3.63) is 39.2 Å². The number of carbonyl (C=O) groups is 2. The van der Waals surface area contributed by atoms with Crippen molar-refractivity contribution >= 4 is 34.6 Å². The molecule has 0 saturated carbocycles. The molecule has 0 bridgehead atoms. The third-order valence-corrected chi connectivity index (χ3v) is 4.92. The van der Waals surface area contributed by atoms with E-state index in [1.54, 1.807) is 26.8 Å². The van der Waals surface area contributed by atoms with Crippen LogP contribution in [0.25, 0.3) is 11.0 Å². The second kappa shape index (κ2) is 8.06. The molecule has 29 heavy (non-hydrogen) atoms. The summed E-state index contributed by atoms with van der Waals surface area (Å²) in [6, 6.07) is 3.71. The average Bonchev–Trinajstić information content (AvgIpc) is 3.11. The van der Waals surface area contributed by atoms with Gasteiger partial charge in [0, 0.05) is 24.1 Å². The Morgan fingerprint density at radius 2 is 2.00 bits per heavy atom. The number of carbonyl (C=O) groups excluding carboxylic acids is 2. The maximum atomic E-state index is 12.8. The fraction of sp³-hybridized carbons (Fsp3) is 0.476. The summed E-state index contributed by atoms with van der Waals surface area (Å²) in [5, 5.41) is 0.907. The van der Waals surface area contributed by atoms with Gasteiger partial charge in [-0.3, -0.25) is 4.90 Å². The van der Waals surface area contributed by atoms with E-state index in [1.165, 1.54) is 17.0 Å². The number of ether oxygens (including phenoxy) is 2. The number of nitrogens with zero attached hydrogens (tertiary/aromatic N) is 1. The second-order valence-electron chi connectivity index (χ2n) is 7.98. The number of fused-ring (bicyclic) bond motifs is 1. The van der Waals surface area contributed by atoms with E-state index in [1.807, 2.05) is 6.92 Å². The van der Waals surface area contributed by atoms with Crippen LogP contribution in [-0.2, 0) is 16.0 Å². The molecule has 1 aliphatic heterocycles. The zero-order valence-electron chi connectivity index (χ0n) is 16.9. The Labute approximate surface area is 173 Å². The van der Waals surface area contributed by atoms with Gasteiger partial charge in [-0.25, -0.2) is 14.4 Å². The molecule has 1 aromatic heterocycles.